The van der Waals surface area contributed by atoms with Crippen molar-refractivity contribution in [2.45, 2.75) is 31.3 Å². The van der Waals surface area contributed by atoms with Crippen molar-refractivity contribution < 1.29 is 9.47 Å². The number of aromatic nitrogens is 1. The maximum Gasteiger partial charge on any atom is 0.313 e. The molecular formula is C25H23ClN4O2. The van der Waals surface area contributed by atoms with Crippen molar-refractivity contribution in [1.29, 1.82) is 10.5 Å². The van der Waals surface area contributed by atoms with Crippen LogP contribution in [0.2, 0.25) is 5.02 Å². The third-order valence-electron chi connectivity index (χ3n) is 6.53. The van der Waals surface area contributed by atoms with E-state index in [1.807, 2.05) is 36.4 Å². The van der Waals surface area contributed by atoms with Gasteiger partial charge in [0.1, 0.15) is 12.1 Å². The van der Waals surface area contributed by atoms with Gasteiger partial charge in [-0.3, -0.25) is 0 Å². The molecule has 0 atom stereocenters. The van der Waals surface area contributed by atoms with Crippen LogP contribution in [-0.2, 0) is 6.42 Å². The van der Waals surface area contributed by atoms with Crippen molar-refractivity contribution in [3.05, 3.63) is 53.2 Å². The van der Waals surface area contributed by atoms with Gasteiger partial charge in [-0.25, -0.2) is 0 Å². The van der Waals surface area contributed by atoms with Gasteiger partial charge in [-0.1, -0.05) is 23.7 Å². The number of fused-ring (bicyclic) bond motifs is 2. The van der Waals surface area contributed by atoms with E-state index in [2.05, 4.69) is 22.1 Å². The number of hydrogen-bond donors (Lipinski definition) is 1. The van der Waals surface area contributed by atoms with Gasteiger partial charge in [0.25, 0.3) is 0 Å². The van der Waals surface area contributed by atoms with Crippen LogP contribution in [-0.4, -0.2) is 30.3 Å². The summed E-state index contributed by atoms with van der Waals surface area (Å²) in [5.41, 5.74) is 1.83. The van der Waals surface area contributed by atoms with Crippen LogP contribution in [0.15, 0.2) is 42.6 Å². The summed E-state index contributed by atoms with van der Waals surface area (Å²) >= 11 is 6.09. The molecule has 0 radical (unpaired) electrons. The first-order valence-corrected chi connectivity index (χ1v) is 11.3. The molecule has 3 heterocycles. The molecule has 0 bridgehead atoms. The molecule has 6 nitrogen and oxygen atoms in total. The molecule has 32 heavy (non-hydrogen) atoms. The van der Waals surface area contributed by atoms with E-state index in [-0.39, 0.29) is 6.61 Å². The molecule has 1 fully saturated rings. The van der Waals surface area contributed by atoms with Crippen LogP contribution in [0.4, 0.5) is 5.69 Å². The standard InChI is InChI=1S/C25H23ClN4O2/c26-19-6-7-20-18(13-29-21(20)12-19)5-4-17-8-10-30(11-9-17)22-2-1-3-23-24(22)31-16-25(14-27,15-28)32-23/h1-3,6-7,12-13,17,29H,4-5,8-11,16H2. The lowest BCUT2D eigenvalue weighted by Crippen LogP contribution is -2.43. The Kier molecular flexibility index (Phi) is 5.33. The number of ether oxygens (including phenoxy) is 2. The van der Waals surface area contributed by atoms with Crippen LogP contribution in [0.25, 0.3) is 10.9 Å². The fraction of sp³-hybridized carbons (Fsp3) is 0.360. The summed E-state index contributed by atoms with van der Waals surface area (Å²) in [6.07, 6.45) is 6.53. The van der Waals surface area contributed by atoms with E-state index in [1.165, 1.54) is 10.9 Å². The lowest BCUT2D eigenvalue weighted by Gasteiger charge is -2.36. The average Bonchev–Trinajstić information content (AvgIpc) is 3.24. The van der Waals surface area contributed by atoms with Gasteiger partial charge in [0.05, 0.1) is 5.69 Å². The van der Waals surface area contributed by atoms with Gasteiger partial charge in [0, 0.05) is 35.2 Å². The fourth-order valence-electron chi connectivity index (χ4n) is 4.69. The molecule has 0 spiro atoms. The molecule has 5 rings (SSSR count). The molecule has 0 saturated carbocycles. The van der Waals surface area contributed by atoms with E-state index in [4.69, 9.17) is 21.1 Å². The molecule has 1 N–H and O–H groups in total. The smallest absolute Gasteiger partial charge is 0.313 e. The maximum absolute atomic E-state index is 9.31. The number of rotatable bonds is 4. The second-order valence-electron chi connectivity index (χ2n) is 8.52. The van der Waals surface area contributed by atoms with Crippen LogP contribution in [0.1, 0.15) is 24.8 Å². The summed E-state index contributed by atoms with van der Waals surface area (Å²) in [6, 6.07) is 15.5. The predicted octanol–water partition coefficient (Wildman–Crippen LogP) is 5.23. The van der Waals surface area contributed by atoms with E-state index in [0.29, 0.717) is 17.4 Å². The first kappa shape index (κ1) is 20.5. The van der Waals surface area contributed by atoms with Gasteiger partial charge < -0.3 is 19.4 Å². The number of H-pyrrole nitrogens is 1. The summed E-state index contributed by atoms with van der Waals surface area (Å²) in [5, 5.41) is 20.6. The van der Waals surface area contributed by atoms with Crippen LogP contribution in [0, 0.1) is 28.6 Å². The zero-order chi connectivity index (χ0) is 22.1. The van der Waals surface area contributed by atoms with Gasteiger partial charge in [-0.05, 0) is 61.4 Å². The molecule has 0 unspecified atom stereocenters. The largest absolute Gasteiger partial charge is 0.481 e. The number of nitrogens with zero attached hydrogens (tertiary/aromatic N) is 3. The van der Waals surface area contributed by atoms with Crippen molar-refractivity contribution in [3.8, 4) is 23.6 Å². The van der Waals surface area contributed by atoms with Gasteiger partial charge in [0.2, 0.25) is 0 Å². The minimum atomic E-state index is -1.58. The average molecular weight is 447 g/mol. The molecule has 2 aliphatic rings. The van der Waals surface area contributed by atoms with Crippen molar-refractivity contribution in [1.82, 2.24) is 4.98 Å². The van der Waals surface area contributed by atoms with Gasteiger partial charge >= 0.3 is 5.60 Å². The molecule has 7 heteroatoms. The molecular weight excluding hydrogens is 424 g/mol. The number of anilines is 1. The second-order valence-corrected chi connectivity index (χ2v) is 8.96. The van der Waals surface area contributed by atoms with Gasteiger partial charge in [-0.15, -0.1) is 0 Å². The van der Waals surface area contributed by atoms with Crippen LogP contribution >= 0.6 is 11.6 Å². The number of piperidine rings is 1. The highest BCUT2D eigenvalue weighted by Crippen LogP contribution is 2.43. The monoisotopic (exact) mass is 446 g/mol. The van der Waals surface area contributed by atoms with Crippen LogP contribution in [0.3, 0.4) is 0 Å². The highest BCUT2D eigenvalue weighted by molar-refractivity contribution is 6.31. The highest BCUT2D eigenvalue weighted by atomic mass is 35.5. The Morgan fingerprint density at radius 2 is 1.97 bits per heavy atom. The van der Waals surface area contributed by atoms with Gasteiger partial charge in [0.15, 0.2) is 18.1 Å². The topological polar surface area (TPSA) is 85.1 Å². The molecule has 162 valence electrons. The zero-order valence-electron chi connectivity index (χ0n) is 17.6. The van der Waals surface area contributed by atoms with Crippen LogP contribution < -0.4 is 14.4 Å². The van der Waals surface area contributed by atoms with E-state index < -0.39 is 5.60 Å². The summed E-state index contributed by atoms with van der Waals surface area (Å²) in [4.78, 5) is 5.65. The third kappa shape index (κ3) is 3.72. The van der Waals surface area contributed by atoms with Gasteiger partial charge in [-0.2, -0.15) is 10.5 Å². The number of benzene rings is 2. The SMILES string of the molecule is N#CC1(C#N)COc2c(cccc2N2CCC(CCc3c[nH]c4cc(Cl)ccc34)CC2)O1. The Bertz CT molecular complexity index is 1220. The molecule has 2 aliphatic heterocycles. The second kappa shape index (κ2) is 8.30. The van der Waals surface area contributed by atoms with E-state index in [0.717, 1.165) is 55.0 Å². The van der Waals surface area contributed by atoms with Crippen molar-refractivity contribution >= 4 is 28.2 Å². The number of aryl methyl sites for hydroxylation is 1. The Hall–Kier alpha value is -3.35. The quantitative estimate of drug-likeness (QED) is 0.593. The Labute approximate surface area is 191 Å². The summed E-state index contributed by atoms with van der Waals surface area (Å²) in [6.45, 7) is 1.79. The minimum absolute atomic E-state index is 0.0870. The summed E-state index contributed by atoms with van der Waals surface area (Å²) in [7, 11) is 0. The summed E-state index contributed by atoms with van der Waals surface area (Å²) in [5.74, 6) is 1.76. The van der Waals surface area contributed by atoms with E-state index in [1.54, 1.807) is 6.07 Å². The number of hydrogen-bond acceptors (Lipinski definition) is 5. The van der Waals surface area contributed by atoms with Crippen LogP contribution in [0.5, 0.6) is 11.5 Å². The van der Waals surface area contributed by atoms with Crippen molar-refractivity contribution in [2.75, 3.05) is 24.6 Å². The minimum Gasteiger partial charge on any atom is -0.481 e. The zero-order valence-corrected chi connectivity index (χ0v) is 18.4. The molecule has 1 saturated heterocycles. The molecule has 3 aromatic rings. The fourth-order valence-corrected chi connectivity index (χ4v) is 4.86. The lowest BCUT2D eigenvalue weighted by molar-refractivity contribution is 0.0780. The van der Waals surface area contributed by atoms with Crippen molar-refractivity contribution in [3.63, 3.8) is 0 Å². The Morgan fingerprint density at radius 3 is 2.75 bits per heavy atom. The molecule has 0 amide bonds. The Morgan fingerprint density at radius 1 is 1.16 bits per heavy atom. The molecule has 2 aromatic carbocycles. The number of halogens is 1. The first-order chi connectivity index (χ1) is 15.6. The number of nitriles is 2. The highest BCUT2D eigenvalue weighted by Gasteiger charge is 2.40. The lowest BCUT2D eigenvalue weighted by atomic mass is 9.90. The van der Waals surface area contributed by atoms with E-state index >= 15 is 0 Å². The molecule has 1 aromatic heterocycles. The summed E-state index contributed by atoms with van der Waals surface area (Å²) < 4.78 is 11.6. The molecule has 0 aliphatic carbocycles. The maximum atomic E-state index is 9.31. The number of nitrogens with one attached hydrogen (secondary N) is 1. The number of aromatic amines is 1. The Balaban J connectivity index is 1.22. The first-order valence-electron chi connectivity index (χ1n) is 10.9. The third-order valence-corrected chi connectivity index (χ3v) is 6.76. The van der Waals surface area contributed by atoms with Crippen molar-refractivity contribution in [2.24, 2.45) is 5.92 Å². The predicted molar refractivity (Wildman–Crippen MR) is 123 cm³/mol. The normalized spacial score (nSPS) is 17.7. The number of para-hydroxylation sites is 1. The van der Waals surface area contributed by atoms with E-state index in [9.17, 15) is 10.5 Å².